The first kappa shape index (κ1) is 16.9. The number of carbonyl (C=O) groups is 3. The molecular formula is C16H22N2O3. The van der Waals surface area contributed by atoms with E-state index in [2.05, 4.69) is 0 Å². The maximum Gasteiger partial charge on any atom is 0.242 e. The molecule has 0 aliphatic carbocycles. The average molecular weight is 290 g/mol. The number of hydrogen-bond donors (Lipinski definition) is 0. The second kappa shape index (κ2) is 7.57. The maximum absolute atomic E-state index is 12.2. The van der Waals surface area contributed by atoms with Crippen LogP contribution in [0.25, 0.3) is 0 Å². The lowest BCUT2D eigenvalue weighted by molar-refractivity contribution is -0.130. The van der Waals surface area contributed by atoms with Crippen molar-refractivity contribution in [1.29, 1.82) is 0 Å². The van der Waals surface area contributed by atoms with Gasteiger partial charge in [-0.2, -0.15) is 0 Å². The van der Waals surface area contributed by atoms with Crippen molar-refractivity contribution in [1.82, 2.24) is 4.90 Å². The first-order chi connectivity index (χ1) is 9.90. The highest BCUT2D eigenvalue weighted by molar-refractivity contribution is 6.00. The van der Waals surface area contributed by atoms with Crippen LogP contribution >= 0.6 is 0 Å². The predicted molar refractivity (Wildman–Crippen MR) is 82.4 cm³/mol. The maximum atomic E-state index is 12.2. The van der Waals surface area contributed by atoms with E-state index in [0.29, 0.717) is 24.3 Å². The number of likely N-dealkylation sites (N-methyl/N-ethyl adjacent to an activating group) is 1. The van der Waals surface area contributed by atoms with Gasteiger partial charge in [0.05, 0.1) is 0 Å². The van der Waals surface area contributed by atoms with Crippen molar-refractivity contribution in [3.63, 3.8) is 0 Å². The van der Waals surface area contributed by atoms with Gasteiger partial charge in [0.25, 0.3) is 0 Å². The summed E-state index contributed by atoms with van der Waals surface area (Å²) in [6.45, 7) is 7.88. The molecule has 0 N–H and O–H groups in total. The molecular weight excluding hydrogens is 268 g/mol. The van der Waals surface area contributed by atoms with E-state index in [1.165, 1.54) is 18.7 Å². The highest BCUT2D eigenvalue weighted by atomic mass is 16.2. The van der Waals surface area contributed by atoms with Crippen LogP contribution < -0.4 is 4.90 Å². The Morgan fingerprint density at radius 2 is 1.67 bits per heavy atom. The van der Waals surface area contributed by atoms with Gasteiger partial charge in [-0.3, -0.25) is 14.4 Å². The summed E-state index contributed by atoms with van der Waals surface area (Å²) < 4.78 is 0. The molecule has 0 radical (unpaired) electrons. The lowest BCUT2D eigenvalue weighted by Gasteiger charge is -2.25. The lowest BCUT2D eigenvalue weighted by Crippen LogP contribution is -2.42. The van der Waals surface area contributed by atoms with Gasteiger partial charge in [0.2, 0.25) is 11.8 Å². The van der Waals surface area contributed by atoms with Gasteiger partial charge in [-0.15, -0.1) is 0 Å². The molecule has 0 saturated heterocycles. The Morgan fingerprint density at radius 1 is 1.05 bits per heavy atom. The second-order valence-electron chi connectivity index (χ2n) is 4.78. The Bertz CT molecular complexity index is 536. The first-order valence-electron chi connectivity index (χ1n) is 7.07. The normalized spacial score (nSPS) is 10.1. The van der Waals surface area contributed by atoms with Crippen LogP contribution in [0.15, 0.2) is 24.3 Å². The molecule has 0 heterocycles. The van der Waals surface area contributed by atoms with Crippen LogP contribution in [-0.4, -0.2) is 42.1 Å². The number of hydrogen-bond acceptors (Lipinski definition) is 3. The topological polar surface area (TPSA) is 57.7 Å². The monoisotopic (exact) mass is 290 g/mol. The van der Waals surface area contributed by atoms with Crippen LogP contribution in [0.4, 0.5) is 5.69 Å². The van der Waals surface area contributed by atoms with Gasteiger partial charge < -0.3 is 9.80 Å². The number of anilines is 1. The molecule has 21 heavy (non-hydrogen) atoms. The third-order valence-corrected chi connectivity index (χ3v) is 3.35. The number of ketones is 1. The van der Waals surface area contributed by atoms with Crippen LogP contribution in [0.3, 0.4) is 0 Å². The van der Waals surface area contributed by atoms with Crippen molar-refractivity contribution in [2.75, 3.05) is 24.5 Å². The fraction of sp³-hybridized carbons (Fsp3) is 0.438. The number of nitrogens with zero attached hydrogens (tertiary/aromatic N) is 2. The van der Waals surface area contributed by atoms with Crippen LogP contribution in [0.2, 0.25) is 0 Å². The van der Waals surface area contributed by atoms with Crippen molar-refractivity contribution < 1.29 is 14.4 Å². The SMILES string of the molecule is CCN(CC)C(=O)CN(C(C)=O)c1cccc(C(C)=O)c1. The molecule has 0 fully saturated rings. The van der Waals surface area contributed by atoms with E-state index in [4.69, 9.17) is 0 Å². The summed E-state index contributed by atoms with van der Waals surface area (Å²) in [5, 5.41) is 0. The molecule has 0 unspecified atom stereocenters. The largest absolute Gasteiger partial charge is 0.342 e. The number of rotatable bonds is 6. The summed E-state index contributed by atoms with van der Waals surface area (Å²) >= 11 is 0. The molecule has 5 heteroatoms. The molecule has 1 rings (SSSR count). The standard InChI is InChI=1S/C16H22N2O3/c1-5-17(6-2)16(21)11-18(13(4)20)15-9-7-8-14(10-15)12(3)19/h7-10H,5-6,11H2,1-4H3. The summed E-state index contributed by atoms with van der Waals surface area (Å²) in [4.78, 5) is 38.5. The second-order valence-corrected chi connectivity index (χ2v) is 4.78. The van der Waals surface area contributed by atoms with Gasteiger partial charge in [0, 0.05) is 31.3 Å². The Labute approximate surface area is 125 Å². The highest BCUT2D eigenvalue weighted by Gasteiger charge is 2.19. The molecule has 1 aromatic rings. The fourth-order valence-corrected chi connectivity index (χ4v) is 2.09. The smallest absolute Gasteiger partial charge is 0.242 e. The molecule has 0 aliphatic heterocycles. The van der Waals surface area contributed by atoms with Gasteiger partial charge in [-0.25, -0.2) is 0 Å². The zero-order valence-electron chi connectivity index (χ0n) is 13.0. The number of carbonyl (C=O) groups excluding carboxylic acids is 3. The minimum Gasteiger partial charge on any atom is -0.342 e. The molecule has 114 valence electrons. The summed E-state index contributed by atoms with van der Waals surface area (Å²) in [6, 6.07) is 6.77. The molecule has 0 spiro atoms. The van der Waals surface area contributed by atoms with Gasteiger partial charge in [0.1, 0.15) is 6.54 Å². The van der Waals surface area contributed by atoms with E-state index in [0.717, 1.165) is 0 Å². The van der Waals surface area contributed by atoms with Crippen LogP contribution in [0.5, 0.6) is 0 Å². The van der Waals surface area contributed by atoms with E-state index < -0.39 is 0 Å². The Kier molecular flexibility index (Phi) is 6.09. The van der Waals surface area contributed by atoms with E-state index >= 15 is 0 Å². The molecule has 1 aromatic carbocycles. The van der Waals surface area contributed by atoms with Gasteiger partial charge in [-0.1, -0.05) is 12.1 Å². The van der Waals surface area contributed by atoms with Gasteiger partial charge >= 0.3 is 0 Å². The highest BCUT2D eigenvalue weighted by Crippen LogP contribution is 2.17. The van der Waals surface area contributed by atoms with Crippen molar-refractivity contribution in [3.8, 4) is 0 Å². The predicted octanol–water partition coefficient (Wildman–Crippen LogP) is 2.11. The Morgan fingerprint density at radius 3 is 2.14 bits per heavy atom. The summed E-state index contributed by atoms with van der Waals surface area (Å²) in [7, 11) is 0. The molecule has 0 saturated carbocycles. The fourth-order valence-electron chi connectivity index (χ4n) is 2.09. The average Bonchev–Trinajstić information content (AvgIpc) is 2.45. The van der Waals surface area contributed by atoms with Crippen LogP contribution in [-0.2, 0) is 9.59 Å². The molecule has 0 bridgehead atoms. The van der Waals surface area contributed by atoms with Gasteiger partial charge in [-0.05, 0) is 32.9 Å². The Balaban J connectivity index is 3.02. The molecule has 5 nitrogen and oxygen atoms in total. The third-order valence-electron chi connectivity index (χ3n) is 3.35. The van der Waals surface area contributed by atoms with Crippen molar-refractivity contribution in [2.45, 2.75) is 27.7 Å². The summed E-state index contributed by atoms with van der Waals surface area (Å²) in [6.07, 6.45) is 0. The first-order valence-corrected chi connectivity index (χ1v) is 7.07. The quantitative estimate of drug-likeness (QED) is 0.754. The minimum absolute atomic E-state index is 0.0155. The number of Topliss-reactive ketones (excluding diaryl/α,β-unsaturated/α-hetero) is 1. The summed E-state index contributed by atoms with van der Waals surface area (Å²) in [5.41, 5.74) is 1.09. The van der Waals surface area contributed by atoms with Crippen LogP contribution in [0.1, 0.15) is 38.1 Å². The molecule has 0 aliphatic rings. The molecule has 0 atom stereocenters. The van der Waals surface area contributed by atoms with Crippen LogP contribution in [0, 0.1) is 0 Å². The lowest BCUT2D eigenvalue weighted by atomic mass is 10.1. The zero-order valence-corrected chi connectivity index (χ0v) is 13.0. The summed E-state index contributed by atoms with van der Waals surface area (Å²) in [5.74, 6) is -0.407. The minimum atomic E-state index is -0.226. The van der Waals surface area contributed by atoms with E-state index in [1.54, 1.807) is 29.2 Å². The number of benzene rings is 1. The third kappa shape index (κ3) is 4.41. The zero-order chi connectivity index (χ0) is 16.0. The Hall–Kier alpha value is -2.17. The number of amides is 2. The van der Waals surface area contributed by atoms with E-state index in [1.807, 2.05) is 13.8 Å². The molecule has 0 aromatic heterocycles. The van der Waals surface area contributed by atoms with Crippen molar-refractivity contribution in [3.05, 3.63) is 29.8 Å². The van der Waals surface area contributed by atoms with Crippen molar-refractivity contribution >= 4 is 23.3 Å². The molecule has 2 amide bonds. The van der Waals surface area contributed by atoms with Crippen molar-refractivity contribution in [2.24, 2.45) is 0 Å². The van der Waals surface area contributed by atoms with Gasteiger partial charge in [0.15, 0.2) is 5.78 Å². The van der Waals surface area contributed by atoms with E-state index in [-0.39, 0.29) is 24.1 Å². The van der Waals surface area contributed by atoms with E-state index in [9.17, 15) is 14.4 Å².